The lowest BCUT2D eigenvalue weighted by molar-refractivity contribution is -0.306. The Balaban J connectivity index is 1.35. The van der Waals surface area contributed by atoms with Gasteiger partial charge in [0.25, 0.3) is 0 Å². The highest BCUT2D eigenvalue weighted by Gasteiger charge is 2.63. The summed E-state index contributed by atoms with van der Waals surface area (Å²) in [5.74, 6) is 3.14. The smallest absolute Gasteiger partial charge is 0.115 e. The number of hydrogen-bond acceptors (Lipinski definition) is 3. The van der Waals surface area contributed by atoms with Crippen molar-refractivity contribution in [2.75, 3.05) is 0 Å². The van der Waals surface area contributed by atoms with E-state index in [2.05, 4.69) is 19.1 Å². The number of nitrogens with two attached hydrogens (primary N) is 1. The van der Waals surface area contributed by atoms with Gasteiger partial charge in [-0.05, 0) is 87.3 Å². The molecule has 5 aliphatic rings. The van der Waals surface area contributed by atoms with Gasteiger partial charge in [0, 0.05) is 12.0 Å². The minimum Gasteiger partial charge on any atom is -0.508 e. The molecule has 0 unspecified atom stereocenters. The highest BCUT2D eigenvalue weighted by atomic mass is 16.5. The Labute approximate surface area is 163 Å². The Morgan fingerprint density at radius 3 is 2.70 bits per heavy atom. The molecule has 3 N–H and O–H groups in total. The van der Waals surface area contributed by atoms with Crippen LogP contribution in [-0.2, 0) is 11.2 Å². The molecule has 0 amide bonds. The molecule has 0 radical (unpaired) electrons. The number of phenols is 1. The predicted octanol–water partition coefficient (Wildman–Crippen LogP) is 4.81. The third kappa shape index (κ3) is 3.02. The van der Waals surface area contributed by atoms with Crippen LogP contribution < -0.4 is 5.73 Å². The van der Waals surface area contributed by atoms with Gasteiger partial charge >= 0.3 is 0 Å². The number of rotatable bonds is 3. The van der Waals surface area contributed by atoms with E-state index in [1.165, 1.54) is 56.9 Å². The van der Waals surface area contributed by atoms with Crippen molar-refractivity contribution in [3.63, 3.8) is 0 Å². The van der Waals surface area contributed by atoms with Crippen LogP contribution in [0, 0.1) is 23.7 Å². The van der Waals surface area contributed by atoms with Gasteiger partial charge in [0.1, 0.15) is 5.75 Å². The lowest BCUT2D eigenvalue weighted by Crippen LogP contribution is -2.71. The molecule has 148 valence electrons. The van der Waals surface area contributed by atoms with Gasteiger partial charge in [-0.1, -0.05) is 31.4 Å². The first kappa shape index (κ1) is 18.0. The fourth-order valence-corrected chi connectivity index (χ4v) is 7.65. The molecule has 1 aromatic rings. The molecule has 7 atom stereocenters. The Kier molecular flexibility index (Phi) is 4.32. The van der Waals surface area contributed by atoms with E-state index in [0.717, 1.165) is 24.7 Å². The summed E-state index contributed by atoms with van der Waals surface area (Å²) in [6.45, 7) is 2.37. The van der Waals surface area contributed by atoms with Crippen molar-refractivity contribution >= 4 is 0 Å². The molecule has 0 aromatic heterocycles. The molecule has 3 nitrogen and oxygen atoms in total. The molecule has 6 rings (SSSR count). The normalized spacial score (nSPS) is 46.4. The molecule has 3 heteroatoms. The number of fused-ring (bicyclic) bond motifs is 1. The van der Waals surface area contributed by atoms with Crippen LogP contribution in [0.3, 0.4) is 0 Å². The minimum atomic E-state index is 0.0305. The molecule has 2 saturated heterocycles. The van der Waals surface area contributed by atoms with Crippen molar-refractivity contribution < 1.29 is 9.84 Å². The Morgan fingerprint density at radius 1 is 1.11 bits per heavy atom. The molecule has 3 aliphatic carbocycles. The van der Waals surface area contributed by atoms with E-state index in [4.69, 9.17) is 10.5 Å². The van der Waals surface area contributed by atoms with Gasteiger partial charge in [0.05, 0.1) is 11.2 Å². The van der Waals surface area contributed by atoms with E-state index in [0.29, 0.717) is 23.6 Å². The fraction of sp³-hybridized carbons (Fsp3) is 0.750. The summed E-state index contributed by atoms with van der Waals surface area (Å²) in [6.07, 6.45) is 12.6. The standard InChI is InChI=1S/C24H35NO2/c1-23-11-3-5-18-14-24(27-23,15-21(25)22(18)23)19-6-2-4-17(13-19)12-16-7-9-20(26)10-8-16/h7-10,17-19,21-22,26H,2-6,11-15,25H2,1H3/t17-,18+,19-,21-,22+,23+,24-/m0/s1. The number of benzene rings is 1. The summed E-state index contributed by atoms with van der Waals surface area (Å²) in [4.78, 5) is 0. The second-order valence-corrected chi connectivity index (χ2v) is 10.3. The first-order chi connectivity index (χ1) is 13.0. The van der Waals surface area contributed by atoms with Crippen LogP contribution in [0.15, 0.2) is 24.3 Å². The second-order valence-electron chi connectivity index (χ2n) is 10.3. The van der Waals surface area contributed by atoms with E-state index in [1.54, 1.807) is 0 Å². The van der Waals surface area contributed by atoms with Crippen molar-refractivity contribution in [2.24, 2.45) is 29.4 Å². The molecule has 2 aliphatic heterocycles. The summed E-state index contributed by atoms with van der Waals surface area (Å²) in [5, 5.41) is 9.54. The van der Waals surface area contributed by atoms with Crippen molar-refractivity contribution in [3.8, 4) is 5.75 Å². The maximum Gasteiger partial charge on any atom is 0.115 e. The third-order valence-electron chi connectivity index (χ3n) is 8.54. The predicted molar refractivity (Wildman–Crippen MR) is 108 cm³/mol. The SMILES string of the molecule is C[C@@]12CCC[C@@H]3C[C@@]([C@H]4CCC[C@@H](Cc5ccc(O)cc5)C4)(C[C@H](N)[C@@H]31)O2. The minimum absolute atomic E-state index is 0.0305. The largest absolute Gasteiger partial charge is 0.508 e. The molecule has 5 fully saturated rings. The summed E-state index contributed by atoms with van der Waals surface area (Å²) in [7, 11) is 0. The highest BCUT2D eigenvalue weighted by molar-refractivity contribution is 5.26. The summed E-state index contributed by atoms with van der Waals surface area (Å²) in [5.41, 5.74) is 8.18. The third-order valence-corrected chi connectivity index (χ3v) is 8.54. The number of hydrogen-bond donors (Lipinski definition) is 2. The van der Waals surface area contributed by atoms with Crippen LogP contribution in [0.1, 0.15) is 70.3 Å². The monoisotopic (exact) mass is 369 g/mol. The van der Waals surface area contributed by atoms with Crippen molar-refractivity contribution in [1.29, 1.82) is 0 Å². The van der Waals surface area contributed by atoms with Crippen molar-refractivity contribution in [3.05, 3.63) is 29.8 Å². The zero-order chi connectivity index (χ0) is 18.6. The summed E-state index contributed by atoms with van der Waals surface area (Å²) in [6, 6.07) is 8.14. The molecule has 1 aromatic carbocycles. The number of ether oxygens (including phenoxy) is 1. The van der Waals surface area contributed by atoms with Crippen LogP contribution in [0.5, 0.6) is 5.75 Å². The maximum atomic E-state index is 9.54. The first-order valence-corrected chi connectivity index (χ1v) is 11.2. The zero-order valence-corrected chi connectivity index (χ0v) is 16.7. The van der Waals surface area contributed by atoms with E-state index < -0.39 is 0 Å². The molecular weight excluding hydrogens is 334 g/mol. The first-order valence-electron chi connectivity index (χ1n) is 11.2. The average Bonchev–Trinajstić information content (AvgIpc) is 2.63. The Morgan fingerprint density at radius 2 is 1.93 bits per heavy atom. The van der Waals surface area contributed by atoms with E-state index in [-0.39, 0.29) is 11.2 Å². The summed E-state index contributed by atoms with van der Waals surface area (Å²) >= 11 is 0. The van der Waals surface area contributed by atoms with E-state index in [9.17, 15) is 5.11 Å². The van der Waals surface area contributed by atoms with Gasteiger partial charge in [-0.2, -0.15) is 0 Å². The molecule has 3 saturated carbocycles. The summed E-state index contributed by atoms with van der Waals surface area (Å²) < 4.78 is 7.04. The van der Waals surface area contributed by atoms with Crippen LogP contribution in [-0.4, -0.2) is 22.4 Å². The van der Waals surface area contributed by atoms with Gasteiger partial charge in [-0.15, -0.1) is 0 Å². The lowest BCUT2D eigenvalue weighted by atomic mass is 9.51. The second kappa shape index (κ2) is 6.49. The van der Waals surface area contributed by atoms with Gasteiger partial charge in [0.15, 0.2) is 0 Å². The average molecular weight is 370 g/mol. The van der Waals surface area contributed by atoms with E-state index in [1.807, 2.05) is 12.1 Å². The van der Waals surface area contributed by atoms with E-state index >= 15 is 0 Å². The van der Waals surface area contributed by atoms with Crippen LogP contribution in [0.2, 0.25) is 0 Å². The number of aromatic hydroxyl groups is 1. The van der Waals surface area contributed by atoms with Crippen LogP contribution in [0.4, 0.5) is 0 Å². The topological polar surface area (TPSA) is 55.5 Å². The van der Waals surface area contributed by atoms with Gasteiger partial charge in [-0.3, -0.25) is 0 Å². The van der Waals surface area contributed by atoms with Gasteiger partial charge in [0.2, 0.25) is 0 Å². The highest BCUT2D eigenvalue weighted by Crippen LogP contribution is 2.61. The number of phenolic OH excluding ortho intramolecular Hbond substituents is 1. The molecular formula is C24H35NO2. The van der Waals surface area contributed by atoms with Gasteiger partial charge < -0.3 is 15.6 Å². The zero-order valence-electron chi connectivity index (χ0n) is 16.7. The lowest BCUT2D eigenvalue weighted by Gasteiger charge is -2.66. The maximum absolute atomic E-state index is 9.54. The van der Waals surface area contributed by atoms with Crippen LogP contribution >= 0.6 is 0 Å². The van der Waals surface area contributed by atoms with Crippen molar-refractivity contribution in [2.45, 2.75) is 88.4 Å². The molecule has 0 spiro atoms. The molecule has 4 bridgehead atoms. The Bertz CT molecular complexity index is 688. The molecule has 27 heavy (non-hydrogen) atoms. The fourth-order valence-electron chi connectivity index (χ4n) is 7.65. The molecule has 2 heterocycles. The van der Waals surface area contributed by atoms with Crippen LogP contribution in [0.25, 0.3) is 0 Å². The van der Waals surface area contributed by atoms with Crippen molar-refractivity contribution in [1.82, 2.24) is 0 Å². The van der Waals surface area contributed by atoms with Gasteiger partial charge in [-0.25, -0.2) is 0 Å². The quantitative estimate of drug-likeness (QED) is 0.804. The Hall–Kier alpha value is -1.06.